The molecule has 1 aliphatic rings. The predicted octanol–water partition coefficient (Wildman–Crippen LogP) is 0.259. The maximum atomic E-state index is 12.6. The van der Waals surface area contributed by atoms with Gasteiger partial charge in [-0.05, 0) is 12.1 Å². The third-order valence-corrected chi connectivity index (χ3v) is 5.90. The van der Waals surface area contributed by atoms with E-state index >= 15 is 0 Å². The van der Waals surface area contributed by atoms with Crippen LogP contribution in [0.4, 0.5) is 5.82 Å². The molecule has 0 spiro atoms. The van der Waals surface area contributed by atoms with Crippen molar-refractivity contribution in [1.82, 2.24) is 29.2 Å². The van der Waals surface area contributed by atoms with Crippen LogP contribution >= 0.6 is 0 Å². The van der Waals surface area contributed by atoms with Crippen molar-refractivity contribution in [2.45, 2.75) is 4.90 Å². The summed E-state index contributed by atoms with van der Waals surface area (Å²) >= 11 is 0. The van der Waals surface area contributed by atoms with Crippen LogP contribution in [-0.4, -0.2) is 63.8 Å². The fourth-order valence-electron chi connectivity index (χ4n) is 2.78. The molecule has 0 aliphatic carbocycles. The Kier molecular flexibility index (Phi) is 3.62. The molecule has 4 heterocycles. The van der Waals surface area contributed by atoms with Crippen molar-refractivity contribution in [1.29, 1.82) is 0 Å². The van der Waals surface area contributed by atoms with Gasteiger partial charge in [0.15, 0.2) is 11.5 Å². The Balaban J connectivity index is 1.54. The van der Waals surface area contributed by atoms with Crippen molar-refractivity contribution >= 4 is 27.0 Å². The second kappa shape index (κ2) is 5.80. The maximum absolute atomic E-state index is 12.6. The first kappa shape index (κ1) is 15.0. The quantitative estimate of drug-likeness (QED) is 0.725. The summed E-state index contributed by atoms with van der Waals surface area (Å²) in [4.78, 5) is 21.7. The molecular weight excluding hydrogens is 330 g/mol. The van der Waals surface area contributed by atoms with E-state index in [1.807, 2.05) is 4.90 Å². The van der Waals surface area contributed by atoms with E-state index in [1.165, 1.54) is 16.8 Å². The minimum absolute atomic E-state index is 0.219. The van der Waals surface area contributed by atoms with Crippen LogP contribution in [0.5, 0.6) is 0 Å². The molecule has 4 rings (SSSR count). The fourth-order valence-corrected chi connectivity index (χ4v) is 4.17. The zero-order chi connectivity index (χ0) is 16.6. The number of hydrogen-bond acceptors (Lipinski definition) is 7. The van der Waals surface area contributed by atoms with E-state index < -0.39 is 10.0 Å². The van der Waals surface area contributed by atoms with Crippen molar-refractivity contribution < 1.29 is 8.42 Å². The number of aromatic amines is 1. The highest BCUT2D eigenvalue weighted by Crippen LogP contribution is 2.23. The summed E-state index contributed by atoms with van der Waals surface area (Å²) in [6.45, 7) is 1.86. The summed E-state index contributed by atoms with van der Waals surface area (Å²) in [5.41, 5.74) is 1.37. The topological polar surface area (TPSA) is 108 Å². The predicted molar refractivity (Wildman–Crippen MR) is 86.9 cm³/mol. The van der Waals surface area contributed by atoms with E-state index in [2.05, 4.69) is 24.9 Å². The molecule has 1 saturated heterocycles. The smallest absolute Gasteiger partial charge is 0.244 e. The fraction of sp³-hybridized carbons (Fsp3) is 0.286. The molecule has 0 aromatic carbocycles. The van der Waals surface area contributed by atoms with Crippen LogP contribution in [0.25, 0.3) is 11.2 Å². The minimum atomic E-state index is -3.51. The second-order valence-corrected chi connectivity index (χ2v) is 7.32. The molecule has 0 bridgehead atoms. The molecule has 10 heteroatoms. The summed E-state index contributed by atoms with van der Waals surface area (Å²) in [7, 11) is -3.51. The largest absolute Gasteiger partial charge is 0.352 e. The van der Waals surface area contributed by atoms with E-state index in [0.717, 1.165) is 11.3 Å². The van der Waals surface area contributed by atoms with Crippen LogP contribution in [0.15, 0.2) is 42.1 Å². The maximum Gasteiger partial charge on any atom is 0.244 e. The minimum Gasteiger partial charge on any atom is -0.352 e. The van der Waals surface area contributed by atoms with Gasteiger partial charge in [-0.25, -0.2) is 23.4 Å². The van der Waals surface area contributed by atoms with Crippen LogP contribution in [0.3, 0.4) is 0 Å². The Morgan fingerprint density at radius 1 is 1.08 bits per heavy atom. The number of H-pyrrole nitrogens is 1. The van der Waals surface area contributed by atoms with Crippen molar-refractivity contribution in [2.24, 2.45) is 0 Å². The number of imidazole rings is 1. The van der Waals surface area contributed by atoms with E-state index in [0.29, 0.717) is 31.8 Å². The van der Waals surface area contributed by atoms with Crippen LogP contribution in [-0.2, 0) is 10.0 Å². The van der Waals surface area contributed by atoms with Gasteiger partial charge < -0.3 is 9.88 Å². The lowest BCUT2D eigenvalue weighted by Gasteiger charge is -2.34. The van der Waals surface area contributed by atoms with E-state index in [-0.39, 0.29) is 4.90 Å². The molecule has 0 amide bonds. The molecule has 0 atom stereocenters. The van der Waals surface area contributed by atoms with Crippen LogP contribution in [0.2, 0.25) is 0 Å². The molecule has 1 N–H and O–H groups in total. The number of sulfonamides is 1. The number of nitrogens with one attached hydrogen (secondary N) is 1. The molecule has 24 heavy (non-hydrogen) atoms. The van der Waals surface area contributed by atoms with Crippen molar-refractivity contribution in [3.63, 3.8) is 0 Å². The zero-order valence-corrected chi connectivity index (χ0v) is 13.5. The molecular formula is C14H15N7O2S. The van der Waals surface area contributed by atoms with Gasteiger partial charge in [-0.3, -0.25) is 4.98 Å². The SMILES string of the molecule is O=S(=O)(c1cccnc1)N1CCN(c2ncnc3nc[nH]c23)CC1. The summed E-state index contributed by atoms with van der Waals surface area (Å²) in [6.07, 6.45) is 5.98. The van der Waals surface area contributed by atoms with Gasteiger partial charge in [-0.1, -0.05) is 0 Å². The van der Waals surface area contributed by atoms with Gasteiger partial charge in [0.25, 0.3) is 0 Å². The monoisotopic (exact) mass is 345 g/mol. The van der Waals surface area contributed by atoms with Crippen molar-refractivity contribution in [2.75, 3.05) is 31.1 Å². The first-order chi connectivity index (χ1) is 11.7. The molecule has 0 saturated carbocycles. The van der Waals surface area contributed by atoms with Crippen LogP contribution in [0.1, 0.15) is 0 Å². The zero-order valence-electron chi connectivity index (χ0n) is 12.7. The normalized spacial score (nSPS) is 16.6. The van der Waals surface area contributed by atoms with Gasteiger partial charge >= 0.3 is 0 Å². The van der Waals surface area contributed by atoms with Crippen molar-refractivity contribution in [3.05, 3.63) is 37.2 Å². The summed E-state index contributed by atoms with van der Waals surface area (Å²) in [5, 5.41) is 0. The Morgan fingerprint density at radius 3 is 2.67 bits per heavy atom. The molecule has 124 valence electrons. The third-order valence-electron chi connectivity index (χ3n) is 4.01. The highest BCUT2D eigenvalue weighted by molar-refractivity contribution is 7.89. The lowest BCUT2D eigenvalue weighted by atomic mass is 10.3. The summed E-state index contributed by atoms with van der Waals surface area (Å²) < 4.78 is 26.7. The van der Waals surface area contributed by atoms with Gasteiger partial charge in [0, 0.05) is 38.6 Å². The van der Waals surface area contributed by atoms with E-state index in [1.54, 1.807) is 24.7 Å². The molecule has 9 nitrogen and oxygen atoms in total. The first-order valence-electron chi connectivity index (χ1n) is 7.45. The number of anilines is 1. The van der Waals surface area contributed by atoms with Crippen LogP contribution in [0, 0.1) is 0 Å². The standard InChI is InChI=1S/C14H15N7O2S/c22-24(23,11-2-1-3-15-8-11)21-6-4-20(5-7-21)14-12-13(17-9-16-12)18-10-19-14/h1-3,8-10H,4-7H2,(H,16,17,18,19). The number of piperazine rings is 1. The Hall–Kier alpha value is -2.59. The highest BCUT2D eigenvalue weighted by atomic mass is 32.2. The second-order valence-electron chi connectivity index (χ2n) is 5.38. The molecule has 0 unspecified atom stereocenters. The first-order valence-corrected chi connectivity index (χ1v) is 8.89. The lowest BCUT2D eigenvalue weighted by Crippen LogP contribution is -2.49. The van der Waals surface area contributed by atoms with E-state index in [9.17, 15) is 8.42 Å². The average molecular weight is 345 g/mol. The van der Waals surface area contributed by atoms with Gasteiger partial charge in [0.1, 0.15) is 16.7 Å². The number of nitrogens with zero attached hydrogens (tertiary/aromatic N) is 6. The number of fused-ring (bicyclic) bond motifs is 1. The van der Waals surface area contributed by atoms with Gasteiger partial charge in [0.2, 0.25) is 10.0 Å². The highest BCUT2D eigenvalue weighted by Gasteiger charge is 2.29. The summed E-state index contributed by atoms with van der Waals surface area (Å²) in [6, 6.07) is 3.19. The Bertz CT molecular complexity index is 949. The molecule has 3 aromatic heterocycles. The molecule has 1 aliphatic heterocycles. The Morgan fingerprint density at radius 2 is 1.92 bits per heavy atom. The van der Waals surface area contributed by atoms with E-state index in [4.69, 9.17) is 0 Å². The number of rotatable bonds is 3. The Labute approximate surface area is 138 Å². The number of hydrogen-bond donors (Lipinski definition) is 1. The molecule has 1 fully saturated rings. The van der Waals surface area contributed by atoms with Gasteiger partial charge in [-0.2, -0.15) is 4.31 Å². The average Bonchev–Trinajstić information content (AvgIpc) is 3.11. The summed E-state index contributed by atoms with van der Waals surface area (Å²) in [5.74, 6) is 0.746. The van der Waals surface area contributed by atoms with Crippen molar-refractivity contribution in [3.8, 4) is 0 Å². The molecule has 0 radical (unpaired) electrons. The van der Waals surface area contributed by atoms with Gasteiger partial charge in [0.05, 0.1) is 6.33 Å². The van der Waals surface area contributed by atoms with Gasteiger partial charge in [-0.15, -0.1) is 0 Å². The number of pyridine rings is 1. The third kappa shape index (κ3) is 2.49. The van der Waals surface area contributed by atoms with Crippen LogP contribution < -0.4 is 4.90 Å². The number of aromatic nitrogens is 5. The molecule has 3 aromatic rings. The lowest BCUT2D eigenvalue weighted by molar-refractivity contribution is 0.384.